The van der Waals surface area contributed by atoms with Crippen LogP contribution in [0.1, 0.15) is 13.8 Å². The molecule has 1 aromatic rings. The molecule has 106 valence electrons. The lowest BCUT2D eigenvalue weighted by Crippen LogP contribution is -2.61. The monoisotopic (exact) mass is 276 g/mol. The number of nitrogens with one attached hydrogen (secondary N) is 1. The number of anilines is 1. The van der Waals surface area contributed by atoms with Gasteiger partial charge in [0.2, 0.25) is 5.54 Å². The molecule has 0 fully saturated rings. The second kappa shape index (κ2) is 5.40. The van der Waals surface area contributed by atoms with Crippen molar-refractivity contribution in [3.63, 3.8) is 0 Å². The summed E-state index contributed by atoms with van der Waals surface area (Å²) in [6.45, 7) is 3.22. The summed E-state index contributed by atoms with van der Waals surface area (Å²) in [5.74, 6) is -0.443. The zero-order chi connectivity index (χ0) is 14.8. The number of carbonyl (C=O) groups is 1. The third kappa shape index (κ3) is 1.97. The van der Waals surface area contributed by atoms with Crippen LogP contribution in [0, 0.1) is 0 Å². The van der Waals surface area contributed by atoms with Crippen LogP contribution >= 0.6 is 0 Å². The molecule has 0 spiro atoms. The van der Waals surface area contributed by atoms with Gasteiger partial charge in [0, 0.05) is 0 Å². The standard InChI is InChI=1S/C13H16N4O3/c1-9-13(16-19,10(2)15-20-3)12(18)17(14-9)11-7-5-4-6-8-11/h4-8,16,19H,1-3H3/b15-10+/t13-/m0/s1. The van der Waals surface area contributed by atoms with Gasteiger partial charge >= 0.3 is 0 Å². The molecule has 0 saturated heterocycles. The minimum atomic E-state index is -1.49. The van der Waals surface area contributed by atoms with Crippen molar-refractivity contribution in [2.24, 2.45) is 10.3 Å². The lowest BCUT2D eigenvalue weighted by molar-refractivity contribution is -0.122. The van der Waals surface area contributed by atoms with E-state index in [1.54, 1.807) is 38.1 Å². The average molecular weight is 276 g/mol. The van der Waals surface area contributed by atoms with E-state index in [4.69, 9.17) is 4.84 Å². The van der Waals surface area contributed by atoms with E-state index in [-0.39, 0.29) is 5.71 Å². The van der Waals surface area contributed by atoms with E-state index in [0.29, 0.717) is 11.4 Å². The molecule has 1 amide bonds. The van der Waals surface area contributed by atoms with Crippen LogP contribution in [0.5, 0.6) is 0 Å². The van der Waals surface area contributed by atoms with Crippen LogP contribution < -0.4 is 10.5 Å². The second-order valence-electron chi connectivity index (χ2n) is 4.36. The SMILES string of the molecule is CO/N=C(\C)[C@]1(NO)C(=O)N(c2ccccc2)N=C1C. The van der Waals surface area contributed by atoms with E-state index in [9.17, 15) is 10.0 Å². The van der Waals surface area contributed by atoms with E-state index in [2.05, 4.69) is 10.3 Å². The van der Waals surface area contributed by atoms with Crippen molar-refractivity contribution in [2.45, 2.75) is 19.4 Å². The summed E-state index contributed by atoms with van der Waals surface area (Å²) in [7, 11) is 1.37. The highest BCUT2D eigenvalue weighted by molar-refractivity contribution is 6.36. The fraction of sp³-hybridized carbons (Fsp3) is 0.308. The Morgan fingerprint density at radius 2 is 2.10 bits per heavy atom. The van der Waals surface area contributed by atoms with Gasteiger partial charge in [0.1, 0.15) is 7.11 Å². The number of carbonyl (C=O) groups excluding carboxylic acids is 1. The molecule has 1 heterocycles. The van der Waals surface area contributed by atoms with Crippen molar-refractivity contribution in [3.8, 4) is 0 Å². The highest BCUT2D eigenvalue weighted by Crippen LogP contribution is 2.27. The molecule has 1 aliphatic rings. The maximum Gasteiger partial charge on any atom is 0.281 e. The number of rotatable bonds is 4. The summed E-state index contributed by atoms with van der Waals surface area (Å²) in [6, 6.07) is 8.96. The van der Waals surface area contributed by atoms with Crippen LogP contribution in [0.4, 0.5) is 5.69 Å². The number of benzene rings is 1. The Balaban J connectivity index is 2.47. The number of para-hydroxylation sites is 1. The Labute approximate surface area is 116 Å². The predicted octanol–water partition coefficient (Wildman–Crippen LogP) is 1.15. The molecule has 1 aliphatic heterocycles. The number of hydroxylamine groups is 1. The minimum absolute atomic E-state index is 0.271. The third-order valence-electron chi connectivity index (χ3n) is 3.25. The van der Waals surface area contributed by atoms with Gasteiger partial charge in [-0.25, -0.2) is 0 Å². The van der Waals surface area contributed by atoms with Gasteiger partial charge < -0.3 is 10.0 Å². The Morgan fingerprint density at radius 3 is 2.65 bits per heavy atom. The van der Waals surface area contributed by atoms with E-state index in [1.807, 2.05) is 11.5 Å². The molecule has 0 unspecified atom stereocenters. The second-order valence-corrected chi connectivity index (χ2v) is 4.36. The van der Waals surface area contributed by atoms with Gasteiger partial charge in [-0.1, -0.05) is 23.4 Å². The molecule has 1 atom stereocenters. The van der Waals surface area contributed by atoms with Gasteiger partial charge in [0.05, 0.1) is 17.1 Å². The number of oxime groups is 1. The van der Waals surface area contributed by atoms with Gasteiger partial charge in [-0.15, -0.1) is 0 Å². The minimum Gasteiger partial charge on any atom is -0.399 e. The van der Waals surface area contributed by atoms with E-state index >= 15 is 0 Å². The molecular formula is C13H16N4O3. The maximum absolute atomic E-state index is 12.6. The van der Waals surface area contributed by atoms with Crippen molar-refractivity contribution in [1.82, 2.24) is 5.48 Å². The Bertz CT molecular complexity index is 570. The lowest BCUT2D eigenvalue weighted by Gasteiger charge is -2.25. The molecule has 0 aromatic heterocycles. The summed E-state index contributed by atoms with van der Waals surface area (Å²) in [5.41, 5.74) is 1.80. The molecule has 0 saturated carbocycles. The van der Waals surface area contributed by atoms with Crippen molar-refractivity contribution >= 4 is 23.0 Å². The lowest BCUT2D eigenvalue weighted by atomic mass is 9.90. The Morgan fingerprint density at radius 1 is 1.45 bits per heavy atom. The smallest absolute Gasteiger partial charge is 0.281 e. The van der Waals surface area contributed by atoms with E-state index in [0.717, 1.165) is 0 Å². The fourth-order valence-corrected chi connectivity index (χ4v) is 2.16. The molecule has 7 heteroatoms. The zero-order valence-corrected chi connectivity index (χ0v) is 11.5. The molecule has 1 aromatic carbocycles. The van der Waals surface area contributed by atoms with Crippen LogP contribution in [-0.2, 0) is 9.63 Å². The third-order valence-corrected chi connectivity index (χ3v) is 3.25. The number of hydrogen-bond donors (Lipinski definition) is 2. The van der Waals surface area contributed by atoms with Crippen LogP contribution in [0.15, 0.2) is 40.6 Å². The molecule has 0 aliphatic carbocycles. The fourth-order valence-electron chi connectivity index (χ4n) is 2.16. The van der Waals surface area contributed by atoms with Gasteiger partial charge in [0.25, 0.3) is 5.91 Å². The van der Waals surface area contributed by atoms with Gasteiger partial charge in [-0.3, -0.25) is 4.79 Å². The van der Waals surface area contributed by atoms with Crippen LogP contribution in [0.25, 0.3) is 0 Å². The van der Waals surface area contributed by atoms with Crippen molar-refractivity contribution in [2.75, 3.05) is 12.1 Å². The number of hydrogen-bond acceptors (Lipinski definition) is 6. The molecular weight excluding hydrogens is 260 g/mol. The highest BCUT2D eigenvalue weighted by atomic mass is 16.6. The summed E-state index contributed by atoms with van der Waals surface area (Å²) in [4.78, 5) is 17.3. The normalized spacial score (nSPS) is 23.0. The summed E-state index contributed by atoms with van der Waals surface area (Å²) < 4.78 is 0. The first-order valence-corrected chi connectivity index (χ1v) is 6.02. The van der Waals surface area contributed by atoms with Crippen LogP contribution in [0.3, 0.4) is 0 Å². The van der Waals surface area contributed by atoms with Crippen molar-refractivity contribution in [3.05, 3.63) is 30.3 Å². The Kier molecular flexibility index (Phi) is 3.82. The molecule has 7 nitrogen and oxygen atoms in total. The van der Waals surface area contributed by atoms with Crippen molar-refractivity contribution in [1.29, 1.82) is 0 Å². The quantitative estimate of drug-likeness (QED) is 0.638. The predicted molar refractivity (Wildman–Crippen MR) is 74.8 cm³/mol. The zero-order valence-electron chi connectivity index (χ0n) is 11.5. The Hall–Kier alpha value is -2.25. The summed E-state index contributed by atoms with van der Waals surface area (Å²) in [5, 5.41) is 18.7. The molecule has 20 heavy (non-hydrogen) atoms. The summed E-state index contributed by atoms with van der Waals surface area (Å²) >= 11 is 0. The number of amides is 1. The first kappa shape index (κ1) is 14.2. The molecule has 2 rings (SSSR count). The van der Waals surface area contributed by atoms with E-state index < -0.39 is 11.4 Å². The molecule has 2 N–H and O–H groups in total. The van der Waals surface area contributed by atoms with Crippen LogP contribution in [-0.4, -0.2) is 35.2 Å². The average Bonchev–Trinajstić information content (AvgIpc) is 2.72. The molecule has 0 bridgehead atoms. The number of nitrogens with zero attached hydrogens (tertiary/aromatic N) is 3. The van der Waals surface area contributed by atoms with Gasteiger partial charge in [-0.05, 0) is 26.0 Å². The topological polar surface area (TPSA) is 86.5 Å². The largest absolute Gasteiger partial charge is 0.399 e. The molecule has 0 radical (unpaired) electrons. The highest BCUT2D eigenvalue weighted by Gasteiger charge is 2.52. The van der Waals surface area contributed by atoms with E-state index in [1.165, 1.54) is 12.1 Å². The van der Waals surface area contributed by atoms with Gasteiger partial charge in [-0.2, -0.15) is 15.6 Å². The van der Waals surface area contributed by atoms with Gasteiger partial charge in [0.15, 0.2) is 0 Å². The van der Waals surface area contributed by atoms with Crippen LogP contribution in [0.2, 0.25) is 0 Å². The first-order chi connectivity index (χ1) is 9.57. The maximum atomic E-state index is 12.6. The van der Waals surface area contributed by atoms with Crippen molar-refractivity contribution < 1.29 is 14.8 Å². The summed E-state index contributed by atoms with van der Waals surface area (Å²) in [6.07, 6.45) is 0. The number of hydrazone groups is 1. The first-order valence-electron chi connectivity index (χ1n) is 6.02.